The predicted octanol–water partition coefficient (Wildman–Crippen LogP) is 0.0543. The summed E-state index contributed by atoms with van der Waals surface area (Å²) in [6.45, 7) is 7.91. The quantitative estimate of drug-likeness (QED) is 0.586. The zero-order valence-electron chi connectivity index (χ0n) is 7.42. The molecular weight excluding hydrogens is 140 g/mol. The lowest BCUT2D eigenvalue weighted by Gasteiger charge is -2.25. The molecule has 1 fully saturated rings. The predicted molar refractivity (Wildman–Crippen MR) is 45.5 cm³/mol. The van der Waals surface area contributed by atoms with Crippen molar-refractivity contribution < 1.29 is 4.74 Å². The van der Waals surface area contributed by atoms with Crippen molar-refractivity contribution in [2.75, 3.05) is 26.3 Å². The van der Waals surface area contributed by atoms with Crippen LogP contribution in [0.15, 0.2) is 0 Å². The van der Waals surface area contributed by atoms with Gasteiger partial charge < -0.3 is 10.5 Å². The molecule has 1 heterocycles. The molecule has 0 saturated carbocycles. The van der Waals surface area contributed by atoms with Crippen molar-refractivity contribution >= 4 is 0 Å². The van der Waals surface area contributed by atoms with E-state index in [2.05, 4.69) is 18.7 Å². The topological polar surface area (TPSA) is 38.5 Å². The molecule has 1 atom stereocenters. The highest BCUT2D eigenvalue weighted by atomic mass is 16.5. The molecule has 66 valence electrons. The van der Waals surface area contributed by atoms with Crippen LogP contribution in [0.25, 0.3) is 0 Å². The lowest BCUT2D eigenvalue weighted by atomic mass is 10.2. The van der Waals surface area contributed by atoms with Crippen molar-refractivity contribution in [1.82, 2.24) is 4.90 Å². The Morgan fingerprint density at radius 3 is 2.91 bits per heavy atom. The molecule has 3 heteroatoms. The molecule has 0 unspecified atom stereocenters. The summed E-state index contributed by atoms with van der Waals surface area (Å²) in [5.74, 6) is 0. The molecule has 0 spiro atoms. The fraction of sp³-hybridized carbons (Fsp3) is 1.00. The maximum absolute atomic E-state index is 5.80. The van der Waals surface area contributed by atoms with Crippen LogP contribution in [0.4, 0.5) is 0 Å². The molecule has 0 aromatic heterocycles. The van der Waals surface area contributed by atoms with Gasteiger partial charge in [0, 0.05) is 25.2 Å². The van der Waals surface area contributed by atoms with Crippen LogP contribution in [-0.4, -0.2) is 43.3 Å². The van der Waals surface area contributed by atoms with Gasteiger partial charge in [0.05, 0.1) is 13.2 Å². The Bertz CT molecular complexity index is 117. The van der Waals surface area contributed by atoms with Crippen LogP contribution in [0.3, 0.4) is 0 Å². The number of nitrogens with zero attached hydrogens (tertiary/aromatic N) is 1. The number of rotatable bonds is 1. The zero-order valence-corrected chi connectivity index (χ0v) is 7.42. The maximum Gasteiger partial charge on any atom is 0.0630 e. The summed E-state index contributed by atoms with van der Waals surface area (Å²) in [7, 11) is 0. The van der Waals surface area contributed by atoms with Crippen LogP contribution in [0.1, 0.15) is 13.8 Å². The summed E-state index contributed by atoms with van der Waals surface area (Å²) in [6, 6.07) is 0.780. The van der Waals surface area contributed by atoms with E-state index in [1.54, 1.807) is 0 Å². The van der Waals surface area contributed by atoms with E-state index in [0.29, 0.717) is 12.6 Å². The van der Waals surface area contributed by atoms with E-state index >= 15 is 0 Å². The van der Waals surface area contributed by atoms with E-state index < -0.39 is 0 Å². The molecule has 1 aliphatic heterocycles. The number of hydrogen-bond acceptors (Lipinski definition) is 3. The molecule has 0 radical (unpaired) electrons. The van der Waals surface area contributed by atoms with Gasteiger partial charge in [-0.05, 0) is 13.8 Å². The fourth-order valence-electron chi connectivity index (χ4n) is 1.33. The van der Waals surface area contributed by atoms with Crippen LogP contribution >= 0.6 is 0 Å². The summed E-state index contributed by atoms with van der Waals surface area (Å²) in [6.07, 6.45) is 0. The molecule has 0 amide bonds. The largest absolute Gasteiger partial charge is 0.378 e. The third kappa shape index (κ3) is 2.77. The fourth-order valence-corrected chi connectivity index (χ4v) is 1.33. The second-order valence-corrected chi connectivity index (χ2v) is 3.42. The van der Waals surface area contributed by atoms with Crippen LogP contribution in [-0.2, 0) is 4.74 Å². The van der Waals surface area contributed by atoms with E-state index in [9.17, 15) is 0 Å². The summed E-state index contributed by atoms with van der Waals surface area (Å²) < 4.78 is 5.32. The van der Waals surface area contributed by atoms with E-state index in [1.807, 2.05) is 0 Å². The Morgan fingerprint density at radius 2 is 2.27 bits per heavy atom. The number of ether oxygens (including phenoxy) is 1. The van der Waals surface area contributed by atoms with Crippen LogP contribution in [0.5, 0.6) is 0 Å². The minimum absolute atomic E-state index is 0.194. The Morgan fingerprint density at radius 1 is 1.55 bits per heavy atom. The summed E-state index contributed by atoms with van der Waals surface area (Å²) in [5.41, 5.74) is 5.80. The van der Waals surface area contributed by atoms with Gasteiger partial charge >= 0.3 is 0 Å². The van der Waals surface area contributed by atoms with E-state index in [0.717, 1.165) is 19.7 Å². The molecule has 1 saturated heterocycles. The van der Waals surface area contributed by atoms with Crippen LogP contribution < -0.4 is 5.73 Å². The smallest absolute Gasteiger partial charge is 0.0630 e. The normalized spacial score (nSPS) is 28.9. The summed E-state index contributed by atoms with van der Waals surface area (Å²) in [5, 5.41) is 0. The molecule has 0 aromatic rings. The van der Waals surface area contributed by atoms with E-state index in [1.165, 1.54) is 0 Å². The molecule has 0 aliphatic carbocycles. The van der Waals surface area contributed by atoms with Gasteiger partial charge in [-0.1, -0.05) is 0 Å². The maximum atomic E-state index is 5.80. The van der Waals surface area contributed by atoms with Crippen molar-refractivity contribution in [1.29, 1.82) is 0 Å². The Labute approximate surface area is 68.5 Å². The summed E-state index contributed by atoms with van der Waals surface area (Å²) in [4.78, 5) is 2.36. The lowest BCUT2D eigenvalue weighted by molar-refractivity contribution is 0.132. The van der Waals surface area contributed by atoms with Gasteiger partial charge in [-0.25, -0.2) is 0 Å². The first-order valence-corrected chi connectivity index (χ1v) is 4.27. The first kappa shape index (κ1) is 8.97. The van der Waals surface area contributed by atoms with Crippen LogP contribution in [0.2, 0.25) is 0 Å². The molecule has 11 heavy (non-hydrogen) atoms. The van der Waals surface area contributed by atoms with Crippen LogP contribution in [0, 0.1) is 0 Å². The van der Waals surface area contributed by atoms with Gasteiger partial charge in [-0.3, -0.25) is 4.90 Å². The van der Waals surface area contributed by atoms with Crippen molar-refractivity contribution in [3.05, 3.63) is 0 Å². The molecule has 1 aliphatic rings. The molecule has 3 nitrogen and oxygen atoms in total. The Balaban J connectivity index is 2.39. The van der Waals surface area contributed by atoms with Crippen molar-refractivity contribution in [3.63, 3.8) is 0 Å². The highest BCUT2D eigenvalue weighted by Crippen LogP contribution is 2.02. The minimum Gasteiger partial charge on any atom is -0.378 e. The van der Waals surface area contributed by atoms with Gasteiger partial charge in [0.2, 0.25) is 0 Å². The molecular formula is C8H18N2O. The van der Waals surface area contributed by atoms with Gasteiger partial charge in [0.15, 0.2) is 0 Å². The van der Waals surface area contributed by atoms with Gasteiger partial charge in [-0.2, -0.15) is 0 Å². The number of hydrogen-bond donors (Lipinski definition) is 1. The van der Waals surface area contributed by atoms with Gasteiger partial charge in [-0.15, -0.1) is 0 Å². The van der Waals surface area contributed by atoms with E-state index in [-0.39, 0.29) is 6.04 Å². The molecule has 0 aromatic carbocycles. The van der Waals surface area contributed by atoms with Crippen molar-refractivity contribution in [3.8, 4) is 0 Å². The molecule has 0 bridgehead atoms. The van der Waals surface area contributed by atoms with Gasteiger partial charge in [0.1, 0.15) is 0 Å². The lowest BCUT2D eigenvalue weighted by Crippen LogP contribution is -2.41. The highest BCUT2D eigenvalue weighted by Gasteiger charge is 2.16. The first-order chi connectivity index (χ1) is 5.20. The minimum atomic E-state index is 0.194. The third-order valence-corrected chi connectivity index (χ3v) is 2.05. The number of nitrogens with two attached hydrogens (primary N) is 1. The second-order valence-electron chi connectivity index (χ2n) is 3.42. The van der Waals surface area contributed by atoms with Gasteiger partial charge in [0.25, 0.3) is 0 Å². The SMILES string of the molecule is CC(C)N1CCOC[C@H](N)C1. The Kier molecular flexibility index (Phi) is 3.30. The average Bonchev–Trinajstić information content (AvgIpc) is 2.13. The second kappa shape index (κ2) is 4.04. The van der Waals surface area contributed by atoms with Crippen molar-refractivity contribution in [2.24, 2.45) is 5.73 Å². The third-order valence-electron chi connectivity index (χ3n) is 2.05. The highest BCUT2D eigenvalue weighted by molar-refractivity contribution is 4.73. The molecule has 1 rings (SSSR count). The molecule has 2 N–H and O–H groups in total. The Hall–Kier alpha value is -0.120. The monoisotopic (exact) mass is 158 g/mol. The standard InChI is InChI=1S/C8H18N2O/c1-7(2)10-3-4-11-6-8(9)5-10/h7-8H,3-6,9H2,1-2H3/t8-/m1/s1. The van der Waals surface area contributed by atoms with E-state index in [4.69, 9.17) is 10.5 Å². The average molecular weight is 158 g/mol. The zero-order chi connectivity index (χ0) is 8.27. The van der Waals surface area contributed by atoms with Crippen molar-refractivity contribution in [2.45, 2.75) is 25.9 Å². The summed E-state index contributed by atoms with van der Waals surface area (Å²) >= 11 is 0. The first-order valence-electron chi connectivity index (χ1n) is 4.27.